The number of primary amides is 1. The van der Waals surface area contributed by atoms with Crippen LogP contribution in [-0.4, -0.2) is 61.1 Å². The fraction of sp³-hybridized carbons (Fsp3) is 0.600. The van der Waals surface area contributed by atoms with Gasteiger partial charge >= 0.3 is 0 Å². The first kappa shape index (κ1) is 22.3. The minimum absolute atomic E-state index is 0.00444. The number of rotatable bonds is 4. The van der Waals surface area contributed by atoms with Crippen molar-refractivity contribution < 1.29 is 14.1 Å². The van der Waals surface area contributed by atoms with Gasteiger partial charge in [0.2, 0.25) is 0 Å². The second-order valence-corrected chi connectivity index (χ2v) is 10.4. The Morgan fingerprint density at radius 2 is 2.06 bits per heavy atom. The fourth-order valence-corrected chi connectivity index (χ4v) is 6.58. The SMILES string of the molecule is C[C@@H]([C@@H]1CCCN1C)n1nc(C(N)=O)c2cnc(-c3noc4c3CCC[C@@]43CCCCC3=O)nc21. The first-order valence-corrected chi connectivity index (χ1v) is 12.7. The van der Waals surface area contributed by atoms with Gasteiger partial charge in [0.15, 0.2) is 28.6 Å². The molecule has 3 atom stereocenters. The van der Waals surface area contributed by atoms with Crippen LogP contribution in [0.5, 0.6) is 0 Å². The van der Waals surface area contributed by atoms with E-state index in [0.29, 0.717) is 34.7 Å². The van der Waals surface area contributed by atoms with Crippen molar-refractivity contribution in [2.24, 2.45) is 5.73 Å². The van der Waals surface area contributed by atoms with Crippen molar-refractivity contribution in [3.63, 3.8) is 0 Å². The summed E-state index contributed by atoms with van der Waals surface area (Å²) < 4.78 is 7.69. The second-order valence-electron chi connectivity index (χ2n) is 10.4. The number of amides is 1. The topological polar surface area (TPSA) is 133 Å². The van der Waals surface area contributed by atoms with Gasteiger partial charge in [-0.2, -0.15) is 5.10 Å². The monoisotopic (exact) mass is 477 g/mol. The van der Waals surface area contributed by atoms with Gasteiger partial charge in [0.05, 0.1) is 16.8 Å². The number of nitrogens with two attached hydrogens (primary N) is 1. The van der Waals surface area contributed by atoms with Crippen molar-refractivity contribution in [1.29, 1.82) is 0 Å². The van der Waals surface area contributed by atoms with Crippen LogP contribution in [0.15, 0.2) is 10.7 Å². The molecule has 2 N–H and O–H groups in total. The number of aromatic nitrogens is 5. The molecule has 184 valence electrons. The van der Waals surface area contributed by atoms with Crippen LogP contribution < -0.4 is 5.73 Å². The molecule has 1 saturated carbocycles. The molecule has 10 heteroatoms. The Morgan fingerprint density at radius 1 is 1.23 bits per heavy atom. The van der Waals surface area contributed by atoms with Gasteiger partial charge in [0.1, 0.15) is 5.78 Å². The molecular weight excluding hydrogens is 446 g/mol. The number of hydrogen-bond acceptors (Lipinski definition) is 8. The highest BCUT2D eigenvalue weighted by Gasteiger charge is 2.48. The molecule has 1 spiro atoms. The average molecular weight is 478 g/mol. The normalized spacial score (nSPS) is 25.9. The largest absolute Gasteiger partial charge is 0.364 e. The number of Topliss-reactive ketones (excluding diaryl/α,β-unsaturated/α-hetero) is 1. The molecule has 35 heavy (non-hydrogen) atoms. The van der Waals surface area contributed by atoms with Gasteiger partial charge in [0, 0.05) is 24.2 Å². The standard InChI is InChI=1S/C25H31N7O3/c1-14(17-8-6-12-31(17)2)32-24-16(19(29-32)22(26)34)13-27-23(28-24)20-15-7-5-11-25(21(15)35-30-20)10-4-3-9-18(25)33/h13-14,17H,3-12H2,1-2H3,(H2,26,34)/t14-,17-,25+/m0/s1. The van der Waals surface area contributed by atoms with Gasteiger partial charge in [-0.15, -0.1) is 0 Å². The third-order valence-corrected chi connectivity index (χ3v) is 8.46. The third kappa shape index (κ3) is 3.33. The first-order valence-electron chi connectivity index (χ1n) is 12.7. The van der Waals surface area contributed by atoms with Crippen molar-refractivity contribution in [3.05, 3.63) is 23.2 Å². The van der Waals surface area contributed by atoms with Crippen molar-refractivity contribution in [2.75, 3.05) is 13.6 Å². The van der Waals surface area contributed by atoms with Gasteiger partial charge in [-0.1, -0.05) is 11.6 Å². The number of likely N-dealkylation sites (N-methyl/N-ethyl adjacent to an activating group) is 1. The lowest BCUT2D eigenvalue weighted by molar-refractivity contribution is -0.128. The summed E-state index contributed by atoms with van der Waals surface area (Å²) in [5.41, 5.74) is 7.36. The molecule has 2 fully saturated rings. The zero-order chi connectivity index (χ0) is 24.3. The summed E-state index contributed by atoms with van der Waals surface area (Å²) in [6.07, 6.45) is 9.66. The van der Waals surface area contributed by atoms with Crippen LogP contribution in [0, 0.1) is 0 Å². The summed E-state index contributed by atoms with van der Waals surface area (Å²) in [4.78, 5) is 36.9. The van der Waals surface area contributed by atoms with Gasteiger partial charge in [-0.3, -0.25) is 9.59 Å². The summed E-state index contributed by atoms with van der Waals surface area (Å²) in [5, 5.41) is 9.50. The molecule has 0 bridgehead atoms. The highest BCUT2D eigenvalue weighted by molar-refractivity contribution is 6.03. The lowest BCUT2D eigenvalue weighted by Gasteiger charge is -2.36. The van der Waals surface area contributed by atoms with Crippen LogP contribution in [0.3, 0.4) is 0 Å². The summed E-state index contributed by atoms with van der Waals surface area (Å²) in [7, 11) is 2.11. The second kappa shape index (κ2) is 8.22. The highest BCUT2D eigenvalue weighted by atomic mass is 16.5. The summed E-state index contributed by atoms with van der Waals surface area (Å²) in [6.45, 7) is 3.13. The molecule has 0 aromatic carbocycles. The van der Waals surface area contributed by atoms with Crippen LogP contribution in [0.25, 0.3) is 22.6 Å². The van der Waals surface area contributed by atoms with E-state index in [1.54, 1.807) is 6.20 Å². The van der Waals surface area contributed by atoms with E-state index in [1.807, 2.05) is 4.68 Å². The zero-order valence-corrected chi connectivity index (χ0v) is 20.3. The molecular formula is C25H31N7O3. The van der Waals surface area contributed by atoms with Crippen molar-refractivity contribution in [3.8, 4) is 11.5 Å². The van der Waals surface area contributed by atoms with E-state index in [-0.39, 0.29) is 23.6 Å². The number of nitrogens with zero attached hydrogens (tertiary/aromatic N) is 6. The molecule has 1 amide bonds. The van der Waals surface area contributed by atoms with Gasteiger partial charge in [-0.05, 0) is 65.5 Å². The summed E-state index contributed by atoms with van der Waals surface area (Å²) >= 11 is 0. The Bertz CT molecular complexity index is 1330. The van der Waals surface area contributed by atoms with Crippen molar-refractivity contribution >= 4 is 22.7 Å². The van der Waals surface area contributed by atoms with Crippen LogP contribution in [0.1, 0.15) is 86.1 Å². The van der Waals surface area contributed by atoms with E-state index in [1.165, 1.54) is 0 Å². The molecule has 10 nitrogen and oxygen atoms in total. The Labute approximate surface area is 203 Å². The molecule has 0 radical (unpaired) electrons. The Kier molecular flexibility index (Phi) is 5.24. The molecule has 1 saturated heterocycles. The van der Waals surface area contributed by atoms with E-state index in [0.717, 1.165) is 63.5 Å². The van der Waals surface area contributed by atoms with E-state index >= 15 is 0 Å². The maximum atomic E-state index is 13.0. The molecule has 1 aliphatic heterocycles. The van der Waals surface area contributed by atoms with E-state index < -0.39 is 11.3 Å². The minimum Gasteiger partial charge on any atom is -0.364 e. The number of hydrogen-bond donors (Lipinski definition) is 1. The molecule has 6 rings (SSSR count). The van der Waals surface area contributed by atoms with E-state index in [4.69, 9.17) is 15.2 Å². The third-order valence-electron chi connectivity index (χ3n) is 8.46. The van der Waals surface area contributed by atoms with Crippen LogP contribution in [-0.2, 0) is 16.6 Å². The lowest BCUT2D eigenvalue weighted by atomic mass is 9.64. The molecule has 3 aliphatic rings. The maximum Gasteiger partial charge on any atom is 0.269 e. The number of ketones is 1. The molecule has 3 aromatic heterocycles. The molecule has 0 unspecified atom stereocenters. The quantitative estimate of drug-likeness (QED) is 0.606. The van der Waals surface area contributed by atoms with Crippen LogP contribution >= 0.6 is 0 Å². The zero-order valence-electron chi connectivity index (χ0n) is 20.3. The molecule has 3 aromatic rings. The number of carbonyl (C=O) groups is 2. The Balaban J connectivity index is 1.46. The maximum absolute atomic E-state index is 13.0. The minimum atomic E-state index is -0.603. The van der Waals surface area contributed by atoms with E-state index in [9.17, 15) is 9.59 Å². The first-order chi connectivity index (χ1) is 16.9. The Hall–Kier alpha value is -3.14. The van der Waals surface area contributed by atoms with Gasteiger partial charge in [-0.25, -0.2) is 14.6 Å². The van der Waals surface area contributed by atoms with Crippen LogP contribution in [0.4, 0.5) is 0 Å². The Morgan fingerprint density at radius 3 is 2.80 bits per heavy atom. The lowest BCUT2D eigenvalue weighted by Crippen LogP contribution is -2.41. The smallest absolute Gasteiger partial charge is 0.269 e. The van der Waals surface area contributed by atoms with Crippen molar-refractivity contribution in [1.82, 2.24) is 29.8 Å². The summed E-state index contributed by atoms with van der Waals surface area (Å²) in [6, 6.07) is 0.282. The van der Waals surface area contributed by atoms with E-state index in [2.05, 4.69) is 34.1 Å². The predicted molar refractivity (Wildman–Crippen MR) is 128 cm³/mol. The highest BCUT2D eigenvalue weighted by Crippen LogP contribution is 2.47. The fourth-order valence-electron chi connectivity index (χ4n) is 6.58. The predicted octanol–water partition coefficient (Wildman–Crippen LogP) is 2.95. The molecule has 2 aliphatic carbocycles. The van der Waals surface area contributed by atoms with Gasteiger partial charge < -0.3 is 15.2 Å². The average Bonchev–Trinajstić information content (AvgIpc) is 3.57. The molecule has 4 heterocycles. The van der Waals surface area contributed by atoms with Gasteiger partial charge in [0.25, 0.3) is 5.91 Å². The van der Waals surface area contributed by atoms with Crippen molar-refractivity contribution in [2.45, 2.75) is 82.2 Å². The number of likely N-dealkylation sites (tertiary alicyclic amines) is 1. The van der Waals surface area contributed by atoms with Crippen LogP contribution in [0.2, 0.25) is 0 Å². The number of fused-ring (bicyclic) bond motifs is 3. The summed E-state index contributed by atoms with van der Waals surface area (Å²) in [5.74, 6) is 0.794. The number of carbonyl (C=O) groups excluding carboxylic acids is 2.